The molecule has 5 heteroatoms. The Kier molecular flexibility index (Phi) is 4.61. The topological polar surface area (TPSA) is 29.1 Å². The zero-order valence-electron chi connectivity index (χ0n) is 10.4. The molecule has 0 saturated carbocycles. The number of thiol groups is 1. The van der Waals surface area contributed by atoms with Crippen LogP contribution in [0.25, 0.3) is 0 Å². The van der Waals surface area contributed by atoms with Gasteiger partial charge in [-0.05, 0) is 41.6 Å². The van der Waals surface area contributed by atoms with Gasteiger partial charge in [-0.2, -0.15) is 0 Å². The molecule has 1 heterocycles. The van der Waals surface area contributed by atoms with E-state index in [0.29, 0.717) is 11.4 Å². The van der Waals surface area contributed by atoms with E-state index < -0.39 is 11.7 Å². The summed E-state index contributed by atoms with van der Waals surface area (Å²) in [5.74, 6) is -0.943. The van der Waals surface area contributed by atoms with Crippen molar-refractivity contribution in [2.45, 2.75) is 24.8 Å². The number of hydrogen-bond acceptors (Lipinski definition) is 3. The fourth-order valence-corrected chi connectivity index (χ4v) is 2.90. The van der Waals surface area contributed by atoms with E-state index in [1.165, 1.54) is 23.8 Å². The Morgan fingerprint density at radius 2 is 2.21 bits per heavy atom. The van der Waals surface area contributed by atoms with Crippen molar-refractivity contribution in [3.8, 4) is 0 Å². The highest BCUT2D eigenvalue weighted by molar-refractivity contribution is 7.80. The molecule has 0 bridgehead atoms. The highest BCUT2D eigenvalue weighted by Gasteiger charge is 2.12. The van der Waals surface area contributed by atoms with E-state index in [1.807, 2.05) is 11.4 Å². The predicted molar refractivity (Wildman–Crippen MR) is 78.5 cm³/mol. The summed E-state index contributed by atoms with van der Waals surface area (Å²) in [5.41, 5.74) is 1.25. The number of carbonyl (C=O) groups is 1. The largest absolute Gasteiger partial charge is 0.347 e. The molecule has 1 amide bonds. The van der Waals surface area contributed by atoms with E-state index in [4.69, 9.17) is 0 Å². The number of hydrogen-bond donors (Lipinski definition) is 2. The second-order valence-electron chi connectivity index (χ2n) is 4.07. The minimum absolute atomic E-state index is 0.0297. The zero-order chi connectivity index (χ0) is 13.8. The molecular formula is C14H14FNOS2. The number of nitrogens with one attached hydrogen (secondary N) is 1. The molecule has 0 aliphatic carbocycles. The molecule has 0 aliphatic heterocycles. The van der Waals surface area contributed by atoms with E-state index in [-0.39, 0.29) is 5.56 Å². The normalized spacial score (nSPS) is 10.5. The Labute approximate surface area is 121 Å². The molecule has 1 aromatic heterocycles. The van der Waals surface area contributed by atoms with Gasteiger partial charge in [0, 0.05) is 9.77 Å². The number of rotatable bonds is 4. The molecule has 0 radical (unpaired) electrons. The molecule has 0 saturated heterocycles. The maximum absolute atomic E-state index is 13.5. The fraction of sp³-hybridized carbons (Fsp3) is 0.214. The first kappa shape index (κ1) is 14.1. The lowest BCUT2D eigenvalue weighted by Gasteiger charge is -2.07. The third-order valence-electron chi connectivity index (χ3n) is 2.82. The van der Waals surface area contributed by atoms with Crippen LogP contribution in [0.3, 0.4) is 0 Å². The summed E-state index contributed by atoms with van der Waals surface area (Å²) in [5, 5.41) is 4.74. The average Bonchev–Trinajstić information content (AvgIpc) is 2.86. The first-order valence-electron chi connectivity index (χ1n) is 5.93. The van der Waals surface area contributed by atoms with Crippen LogP contribution in [0.1, 0.15) is 27.7 Å². The van der Waals surface area contributed by atoms with E-state index in [9.17, 15) is 9.18 Å². The van der Waals surface area contributed by atoms with Crippen LogP contribution >= 0.6 is 24.0 Å². The van der Waals surface area contributed by atoms with Gasteiger partial charge in [-0.3, -0.25) is 4.79 Å². The van der Waals surface area contributed by atoms with Gasteiger partial charge in [0.2, 0.25) is 0 Å². The van der Waals surface area contributed by atoms with Crippen LogP contribution in [0, 0.1) is 5.82 Å². The minimum atomic E-state index is -0.530. The quantitative estimate of drug-likeness (QED) is 0.828. The second kappa shape index (κ2) is 6.21. The van der Waals surface area contributed by atoms with Crippen molar-refractivity contribution in [3.63, 3.8) is 0 Å². The van der Waals surface area contributed by atoms with Crippen LogP contribution in [-0.2, 0) is 13.0 Å². The summed E-state index contributed by atoms with van der Waals surface area (Å²) in [7, 11) is 0. The van der Waals surface area contributed by atoms with Crippen molar-refractivity contribution < 1.29 is 9.18 Å². The maximum atomic E-state index is 13.5. The number of aryl methyl sites for hydroxylation is 1. The third kappa shape index (κ3) is 3.36. The van der Waals surface area contributed by atoms with Crippen LogP contribution in [-0.4, -0.2) is 5.91 Å². The van der Waals surface area contributed by atoms with Gasteiger partial charge in [-0.15, -0.1) is 24.0 Å². The number of amides is 1. The molecule has 1 aromatic carbocycles. The summed E-state index contributed by atoms with van der Waals surface area (Å²) >= 11 is 5.71. The molecule has 1 N–H and O–H groups in total. The zero-order valence-corrected chi connectivity index (χ0v) is 12.2. The van der Waals surface area contributed by atoms with Crippen molar-refractivity contribution in [2.24, 2.45) is 0 Å². The molecule has 0 fully saturated rings. The van der Waals surface area contributed by atoms with Crippen molar-refractivity contribution in [3.05, 3.63) is 51.5 Å². The summed E-state index contributed by atoms with van der Waals surface area (Å²) in [6, 6.07) is 6.24. The highest BCUT2D eigenvalue weighted by atomic mass is 32.1. The van der Waals surface area contributed by atoms with Gasteiger partial charge in [0.1, 0.15) is 5.82 Å². The molecule has 100 valence electrons. The van der Waals surface area contributed by atoms with Gasteiger partial charge in [0.05, 0.1) is 12.1 Å². The Morgan fingerprint density at radius 3 is 2.95 bits per heavy atom. The van der Waals surface area contributed by atoms with Crippen molar-refractivity contribution in [1.82, 2.24) is 5.32 Å². The molecule has 2 rings (SSSR count). The van der Waals surface area contributed by atoms with Crippen LogP contribution < -0.4 is 5.32 Å². The molecular weight excluding hydrogens is 281 g/mol. The summed E-state index contributed by atoms with van der Waals surface area (Å²) in [6.07, 6.45) is 0.926. The average molecular weight is 295 g/mol. The molecule has 0 aliphatic rings. The maximum Gasteiger partial charge on any atom is 0.254 e. The first-order chi connectivity index (χ1) is 9.11. The van der Waals surface area contributed by atoms with Crippen LogP contribution in [0.4, 0.5) is 4.39 Å². The highest BCUT2D eigenvalue weighted by Crippen LogP contribution is 2.18. The SMILES string of the molecule is CCc1ccsc1CNC(=O)c1cc(S)ccc1F. The Hall–Kier alpha value is -1.33. The van der Waals surface area contributed by atoms with Crippen molar-refractivity contribution in [1.29, 1.82) is 0 Å². The Bertz CT molecular complexity index is 595. The molecule has 19 heavy (non-hydrogen) atoms. The number of thiophene rings is 1. The third-order valence-corrected chi connectivity index (χ3v) is 4.06. The van der Waals surface area contributed by atoms with E-state index in [0.717, 1.165) is 11.3 Å². The molecule has 0 spiro atoms. The van der Waals surface area contributed by atoms with Crippen molar-refractivity contribution in [2.75, 3.05) is 0 Å². The lowest BCUT2D eigenvalue weighted by Crippen LogP contribution is -2.23. The Balaban J connectivity index is 2.07. The minimum Gasteiger partial charge on any atom is -0.347 e. The van der Waals surface area contributed by atoms with Crippen LogP contribution in [0.5, 0.6) is 0 Å². The molecule has 0 atom stereocenters. The molecule has 0 unspecified atom stereocenters. The van der Waals surface area contributed by atoms with Gasteiger partial charge >= 0.3 is 0 Å². The lowest BCUT2D eigenvalue weighted by atomic mass is 10.2. The molecule has 2 aromatic rings. The summed E-state index contributed by atoms with van der Waals surface area (Å²) < 4.78 is 13.5. The molecule has 2 nitrogen and oxygen atoms in total. The number of halogens is 1. The van der Waals surface area contributed by atoms with Crippen LogP contribution in [0.2, 0.25) is 0 Å². The number of carbonyl (C=O) groups excluding carboxylic acids is 1. The van der Waals surface area contributed by atoms with Crippen molar-refractivity contribution >= 4 is 29.9 Å². The summed E-state index contributed by atoms with van der Waals surface area (Å²) in [6.45, 7) is 2.49. The predicted octanol–water partition coefficient (Wildman–Crippen LogP) is 3.67. The van der Waals surface area contributed by atoms with E-state index >= 15 is 0 Å². The monoisotopic (exact) mass is 295 g/mol. The van der Waals surface area contributed by atoms with Gasteiger partial charge in [-0.1, -0.05) is 6.92 Å². The lowest BCUT2D eigenvalue weighted by molar-refractivity contribution is 0.0947. The van der Waals surface area contributed by atoms with Crippen LogP contribution in [0.15, 0.2) is 34.5 Å². The smallest absolute Gasteiger partial charge is 0.254 e. The Morgan fingerprint density at radius 1 is 1.42 bits per heavy atom. The standard InChI is InChI=1S/C14H14FNOS2/c1-2-9-5-6-19-13(9)8-16-14(17)11-7-10(18)3-4-12(11)15/h3-7,18H,2,8H2,1H3,(H,16,17). The second-order valence-corrected chi connectivity index (χ2v) is 5.59. The van der Waals surface area contributed by atoms with Gasteiger partial charge in [-0.25, -0.2) is 4.39 Å². The first-order valence-corrected chi connectivity index (χ1v) is 7.26. The number of benzene rings is 1. The van der Waals surface area contributed by atoms with Gasteiger partial charge < -0.3 is 5.32 Å². The fourth-order valence-electron chi connectivity index (χ4n) is 1.78. The van der Waals surface area contributed by atoms with Gasteiger partial charge in [0.15, 0.2) is 0 Å². The summed E-state index contributed by atoms with van der Waals surface area (Å²) in [4.78, 5) is 13.6. The van der Waals surface area contributed by atoms with E-state index in [1.54, 1.807) is 11.3 Å². The van der Waals surface area contributed by atoms with Gasteiger partial charge in [0.25, 0.3) is 5.91 Å². The van der Waals surface area contributed by atoms with E-state index in [2.05, 4.69) is 24.9 Å².